The van der Waals surface area contributed by atoms with Crippen molar-refractivity contribution in [2.75, 3.05) is 11.1 Å². The molecule has 3 aromatic rings. The number of carbonyl (C=O) groups is 1. The highest BCUT2D eigenvalue weighted by Gasteiger charge is 2.14. The molecule has 10 nitrogen and oxygen atoms in total. The molecule has 0 amide bonds. The Morgan fingerprint density at radius 2 is 1.80 bits per heavy atom. The second-order valence-corrected chi connectivity index (χ2v) is 6.35. The van der Waals surface area contributed by atoms with E-state index in [2.05, 4.69) is 15.3 Å². The number of hydrogen-bond donors (Lipinski definition) is 4. The number of aromatic hydroxyl groups is 1. The van der Waals surface area contributed by atoms with Crippen molar-refractivity contribution in [2.45, 2.75) is 12.8 Å². The molecule has 0 aliphatic heterocycles. The number of halogens is 1. The van der Waals surface area contributed by atoms with E-state index in [1.807, 2.05) is 0 Å². The largest absolute Gasteiger partial charge is 0.508 e. The summed E-state index contributed by atoms with van der Waals surface area (Å²) in [6.45, 7) is 0. The summed E-state index contributed by atoms with van der Waals surface area (Å²) in [5.41, 5.74) is 6.75. The van der Waals surface area contributed by atoms with Gasteiger partial charge in [-0.05, 0) is 48.4 Å². The normalized spacial score (nSPS) is 9.90. The lowest BCUT2D eigenvalue weighted by Gasteiger charge is -2.05. The van der Waals surface area contributed by atoms with Crippen molar-refractivity contribution in [3.63, 3.8) is 0 Å². The molecule has 0 radical (unpaired) electrons. The first-order chi connectivity index (χ1) is 14.2. The van der Waals surface area contributed by atoms with Crippen LogP contribution in [0, 0.1) is 10.1 Å². The molecular weight excluding hydrogens is 414 g/mol. The van der Waals surface area contributed by atoms with Crippen molar-refractivity contribution in [2.24, 2.45) is 0 Å². The number of nitro groups is 1. The van der Waals surface area contributed by atoms with Gasteiger partial charge in [-0.15, -0.1) is 0 Å². The van der Waals surface area contributed by atoms with Crippen LogP contribution < -0.4 is 11.1 Å². The molecule has 0 saturated heterocycles. The van der Waals surface area contributed by atoms with Gasteiger partial charge in [0.05, 0.1) is 4.92 Å². The van der Waals surface area contributed by atoms with Crippen LogP contribution in [0.4, 0.5) is 23.1 Å². The molecule has 0 atom stereocenters. The molecule has 30 heavy (non-hydrogen) atoms. The third-order valence-electron chi connectivity index (χ3n) is 3.66. The molecule has 3 rings (SSSR count). The number of rotatable bonds is 6. The Morgan fingerprint density at radius 3 is 2.33 bits per heavy atom. The van der Waals surface area contributed by atoms with Gasteiger partial charge in [-0.1, -0.05) is 23.7 Å². The van der Waals surface area contributed by atoms with Gasteiger partial charge in [-0.3, -0.25) is 14.9 Å². The minimum absolute atomic E-state index is 0.130. The average Bonchev–Trinajstić information content (AvgIpc) is 2.69. The van der Waals surface area contributed by atoms with Gasteiger partial charge in [0.1, 0.15) is 11.9 Å². The van der Waals surface area contributed by atoms with Gasteiger partial charge in [0.2, 0.25) is 11.8 Å². The number of nitrogens with two attached hydrogens (primary N) is 1. The number of aryl methyl sites for hydroxylation is 1. The zero-order chi connectivity index (χ0) is 22.1. The van der Waals surface area contributed by atoms with Crippen molar-refractivity contribution < 1.29 is 19.9 Å². The van der Waals surface area contributed by atoms with Crippen molar-refractivity contribution in [1.82, 2.24) is 9.97 Å². The maximum absolute atomic E-state index is 10.5. The van der Waals surface area contributed by atoms with Gasteiger partial charge in [0.25, 0.3) is 0 Å². The Labute approximate surface area is 176 Å². The Balaban J connectivity index is 0.000000232. The summed E-state index contributed by atoms with van der Waals surface area (Å²) in [6.07, 6.45) is 1.70. The summed E-state index contributed by atoms with van der Waals surface area (Å²) in [5.74, 6) is -0.607. The molecule has 0 fully saturated rings. The molecule has 0 saturated carbocycles. The third-order valence-corrected chi connectivity index (χ3v) is 3.91. The van der Waals surface area contributed by atoms with E-state index in [1.54, 1.807) is 48.5 Å². The van der Waals surface area contributed by atoms with E-state index in [1.165, 1.54) is 0 Å². The van der Waals surface area contributed by atoms with Gasteiger partial charge in [0, 0.05) is 17.1 Å². The van der Waals surface area contributed by atoms with Gasteiger partial charge < -0.3 is 21.3 Å². The van der Waals surface area contributed by atoms with E-state index in [0.29, 0.717) is 17.1 Å². The Morgan fingerprint density at radius 1 is 1.17 bits per heavy atom. The number of anilines is 3. The molecule has 0 spiro atoms. The van der Waals surface area contributed by atoms with Gasteiger partial charge in [0.15, 0.2) is 0 Å². The van der Waals surface area contributed by atoms with E-state index in [-0.39, 0.29) is 29.6 Å². The number of phenols is 1. The Kier molecular flexibility index (Phi) is 7.89. The fourth-order valence-electron chi connectivity index (χ4n) is 2.17. The number of benzene rings is 2. The predicted molar refractivity (Wildman–Crippen MR) is 112 cm³/mol. The summed E-state index contributed by atoms with van der Waals surface area (Å²) in [5, 5.41) is 31.3. The molecule has 1 heterocycles. The van der Waals surface area contributed by atoms with Crippen LogP contribution in [0.25, 0.3) is 0 Å². The molecule has 2 aromatic carbocycles. The lowest BCUT2D eigenvalue weighted by Crippen LogP contribution is -2.03. The number of carboxylic acid groups (broad SMARTS) is 1. The van der Waals surface area contributed by atoms with Crippen LogP contribution in [-0.2, 0) is 11.2 Å². The zero-order valence-electron chi connectivity index (χ0n) is 15.5. The number of nitrogens with one attached hydrogen (secondary N) is 1. The van der Waals surface area contributed by atoms with E-state index < -0.39 is 10.9 Å². The van der Waals surface area contributed by atoms with E-state index in [9.17, 15) is 14.9 Å². The fourth-order valence-corrected chi connectivity index (χ4v) is 2.29. The van der Waals surface area contributed by atoms with Crippen LogP contribution in [0.2, 0.25) is 5.02 Å². The topological polar surface area (TPSA) is 164 Å². The zero-order valence-corrected chi connectivity index (χ0v) is 16.3. The number of nitrogen functional groups attached to an aromatic ring is 1. The minimum Gasteiger partial charge on any atom is -0.508 e. The first-order valence-electron chi connectivity index (χ1n) is 8.54. The van der Waals surface area contributed by atoms with Crippen LogP contribution in [0.1, 0.15) is 12.0 Å². The molecule has 0 aliphatic carbocycles. The lowest BCUT2D eigenvalue weighted by molar-refractivity contribution is -0.384. The highest BCUT2D eigenvalue weighted by atomic mass is 35.5. The predicted octanol–water partition coefficient (Wildman–Crippen LogP) is 3.77. The first-order valence-corrected chi connectivity index (χ1v) is 8.91. The summed E-state index contributed by atoms with van der Waals surface area (Å²) in [4.78, 5) is 27.7. The van der Waals surface area contributed by atoms with Crippen LogP contribution in [0.15, 0.2) is 54.7 Å². The number of aromatic nitrogens is 2. The lowest BCUT2D eigenvalue weighted by atomic mass is 10.1. The maximum atomic E-state index is 10.5. The van der Waals surface area contributed by atoms with Crippen molar-refractivity contribution in [3.8, 4) is 5.75 Å². The number of hydrogen-bond acceptors (Lipinski definition) is 8. The average molecular weight is 432 g/mol. The van der Waals surface area contributed by atoms with Crippen LogP contribution in [-0.4, -0.2) is 31.1 Å². The number of carboxylic acids is 1. The number of nitrogens with zero attached hydrogens (tertiary/aromatic N) is 3. The second-order valence-electron chi connectivity index (χ2n) is 5.91. The van der Waals surface area contributed by atoms with Crippen LogP contribution in [0.3, 0.4) is 0 Å². The maximum Gasteiger partial charge on any atom is 0.329 e. The molecule has 156 valence electrons. The van der Waals surface area contributed by atoms with E-state index in [0.717, 1.165) is 11.8 Å². The molecule has 0 bridgehead atoms. The fraction of sp³-hybridized carbons (Fsp3) is 0.105. The standard InChI is InChI=1S/C10H8ClN5O2.C9H10O3/c11-6-1-3-7(4-2-6)14-10-13-5-8(16(17)18)9(12)15-10;10-8-4-1-7(2-5-8)3-6-9(11)12/h1-5H,(H3,12,13,14,15);1-2,4-5,10H,3,6H2,(H,11,12). The summed E-state index contributed by atoms with van der Waals surface area (Å²) in [7, 11) is 0. The van der Waals surface area contributed by atoms with E-state index in [4.69, 9.17) is 27.5 Å². The minimum atomic E-state index is -0.803. The molecule has 0 unspecified atom stereocenters. The molecule has 1 aromatic heterocycles. The number of aliphatic carboxylic acids is 1. The van der Waals surface area contributed by atoms with Crippen LogP contribution >= 0.6 is 11.6 Å². The van der Waals surface area contributed by atoms with Crippen molar-refractivity contribution in [3.05, 3.63) is 75.4 Å². The van der Waals surface area contributed by atoms with Gasteiger partial charge in [-0.2, -0.15) is 4.98 Å². The number of phenolic OH excluding ortho intramolecular Hbond substituents is 1. The molecule has 5 N–H and O–H groups in total. The first kappa shape index (κ1) is 22.4. The summed E-state index contributed by atoms with van der Waals surface area (Å²) in [6, 6.07) is 13.4. The Hall–Kier alpha value is -3.92. The summed E-state index contributed by atoms with van der Waals surface area (Å²) < 4.78 is 0. The molecular formula is C19H18ClN5O5. The smallest absolute Gasteiger partial charge is 0.329 e. The SMILES string of the molecule is Nc1nc(Nc2ccc(Cl)cc2)ncc1[N+](=O)[O-].O=C(O)CCc1ccc(O)cc1. The molecule has 0 aliphatic rings. The summed E-state index contributed by atoms with van der Waals surface area (Å²) >= 11 is 5.74. The molecule has 11 heteroatoms. The third kappa shape index (κ3) is 7.24. The monoisotopic (exact) mass is 431 g/mol. The van der Waals surface area contributed by atoms with Gasteiger partial charge >= 0.3 is 11.7 Å². The Bertz CT molecular complexity index is 1010. The van der Waals surface area contributed by atoms with Crippen molar-refractivity contribution >= 4 is 40.7 Å². The van der Waals surface area contributed by atoms with Crippen LogP contribution in [0.5, 0.6) is 5.75 Å². The quantitative estimate of drug-likeness (QED) is 0.335. The highest BCUT2D eigenvalue weighted by molar-refractivity contribution is 6.30. The van der Waals surface area contributed by atoms with Crippen molar-refractivity contribution in [1.29, 1.82) is 0 Å². The highest BCUT2D eigenvalue weighted by Crippen LogP contribution is 2.21. The second kappa shape index (κ2) is 10.6. The van der Waals surface area contributed by atoms with Gasteiger partial charge in [-0.25, -0.2) is 4.98 Å². The van der Waals surface area contributed by atoms with E-state index >= 15 is 0 Å².